The zero-order chi connectivity index (χ0) is 18.5. The first-order chi connectivity index (χ1) is 12.7. The molecule has 26 heavy (non-hydrogen) atoms. The monoisotopic (exact) mass is 351 g/mol. The molecule has 4 heteroatoms. The molecule has 1 aromatic heterocycles. The molecule has 0 unspecified atom stereocenters. The minimum absolute atomic E-state index is 0.0738. The number of phenolic OH excluding ortho intramolecular Hbond substituents is 1. The number of unbranched alkanes of at least 4 members (excludes halogenated alkanes) is 1. The van der Waals surface area contributed by atoms with Gasteiger partial charge in [-0.3, -0.25) is 9.69 Å². The molecule has 0 atom stereocenters. The first kappa shape index (κ1) is 18.2. The van der Waals surface area contributed by atoms with Crippen LogP contribution in [0, 0.1) is 0 Å². The highest BCUT2D eigenvalue weighted by Gasteiger charge is 2.17. The van der Waals surface area contributed by atoms with E-state index in [0.717, 1.165) is 31.5 Å². The Balaban J connectivity index is 2.06. The minimum Gasteiger partial charge on any atom is -0.507 e. The molecule has 0 aliphatic rings. The Morgan fingerprint density at radius 3 is 2.54 bits per heavy atom. The summed E-state index contributed by atoms with van der Waals surface area (Å²) < 4.78 is 5.85. The van der Waals surface area contributed by atoms with E-state index >= 15 is 0 Å². The third-order valence-electron chi connectivity index (χ3n) is 4.76. The lowest BCUT2D eigenvalue weighted by Crippen LogP contribution is -2.24. The van der Waals surface area contributed by atoms with E-state index in [2.05, 4.69) is 18.7 Å². The van der Waals surface area contributed by atoms with Crippen molar-refractivity contribution in [1.29, 1.82) is 0 Å². The second-order valence-electron chi connectivity index (χ2n) is 6.51. The summed E-state index contributed by atoms with van der Waals surface area (Å²) in [5.41, 5.74) is 2.45. The van der Waals surface area contributed by atoms with Gasteiger partial charge >= 0.3 is 0 Å². The Bertz CT molecular complexity index is 931. The Labute approximate surface area is 153 Å². The van der Waals surface area contributed by atoms with Crippen LogP contribution in [0.4, 0.5) is 0 Å². The van der Waals surface area contributed by atoms with Crippen molar-refractivity contribution in [2.24, 2.45) is 0 Å². The standard InChI is InChI=1S/C22H25NO3/c1-3-5-13-23(4-2)14-18-20(24)12-11-17-21(25)19(15-26-22(17)18)16-9-7-6-8-10-16/h6-12,15,24H,3-5,13-14H2,1-2H3. The van der Waals surface area contributed by atoms with Gasteiger partial charge in [0.15, 0.2) is 0 Å². The van der Waals surface area contributed by atoms with Crippen LogP contribution in [0.1, 0.15) is 32.3 Å². The third-order valence-corrected chi connectivity index (χ3v) is 4.76. The van der Waals surface area contributed by atoms with E-state index in [1.54, 1.807) is 12.1 Å². The quantitative estimate of drug-likeness (QED) is 0.665. The molecule has 0 saturated carbocycles. The van der Waals surface area contributed by atoms with Gasteiger partial charge in [-0.25, -0.2) is 0 Å². The van der Waals surface area contributed by atoms with E-state index < -0.39 is 0 Å². The molecule has 1 heterocycles. The van der Waals surface area contributed by atoms with Gasteiger partial charge in [-0.15, -0.1) is 0 Å². The lowest BCUT2D eigenvalue weighted by Gasteiger charge is -2.21. The van der Waals surface area contributed by atoms with Gasteiger partial charge in [0.25, 0.3) is 0 Å². The van der Waals surface area contributed by atoms with Gasteiger partial charge in [-0.2, -0.15) is 0 Å². The molecular weight excluding hydrogens is 326 g/mol. The Hall–Kier alpha value is -2.59. The first-order valence-corrected chi connectivity index (χ1v) is 9.19. The number of aromatic hydroxyl groups is 1. The van der Waals surface area contributed by atoms with Crippen molar-refractivity contribution >= 4 is 11.0 Å². The SMILES string of the molecule is CCCCN(CC)Cc1c(O)ccc2c(=O)c(-c3ccccc3)coc12. The van der Waals surface area contributed by atoms with Gasteiger partial charge in [-0.1, -0.05) is 50.6 Å². The van der Waals surface area contributed by atoms with Crippen molar-refractivity contribution in [3.8, 4) is 16.9 Å². The van der Waals surface area contributed by atoms with Gasteiger partial charge in [0.1, 0.15) is 17.6 Å². The van der Waals surface area contributed by atoms with Crippen LogP contribution in [-0.4, -0.2) is 23.1 Å². The maximum Gasteiger partial charge on any atom is 0.200 e. The second kappa shape index (κ2) is 8.19. The normalized spacial score (nSPS) is 11.3. The summed E-state index contributed by atoms with van der Waals surface area (Å²) in [4.78, 5) is 15.2. The summed E-state index contributed by atoms with van der Waals surface area (Å²) >= 11 is 0. The molecule has 1 N–H and O–H groups in total. The molecule has 3 aromatic rings. The van der Waals surface area contributed by atoms with Gasteiger partial charge in [0.2, 0.25) is 5.43 Å². The number of fused-ring (bicyclic) bond motifs is 1. The highest BCUT2D eigenvalue weighted by atomic mass is 16.3. The fraction of sp³-hybridized carbons (Fsp3) is 0.318. The van der Waals surface area contributed by atoms with Crippen molar-refractivity contribution in [1.82, 2.24) is 4.90 Å². The Kier molecular flexibility index (Phi) is 5.74. The number of hydrogen-bond acceptors (Lipinski definition) is 4. The average Bonchev–Trinajstić information content (AvgIpc) is 2.67. The number of phenols is 1. The second-order valence-corrected chi connectivity index (χ2v) is 6.51. The van der Waals surface area contributed by atoms with Crippen LogP contribution in [0.25, 0.3) is 22.1 Å². The van der Waals surface area contributed by atoms with Gasteiger partial charge in [0.05, 0.1) is 16.5 Å². The summed E-state index contributed by atoms with van der Waals surface area (Å²) in [7, 11) is 0. The summed E-state index contributed by atoms with van der Waals surface area (Å²) in [6, 6.07) is 12.7. The topological polar surface area (TPSA) is 53.7 Å². The molecule has 2 aromatic carbocycles. The molecule has 0 saturated heterocycles. The number of benzene rings is 2. The lowest BCUT2D eigenvalue weighted by molar-refractivity contribution is 0.271. The van der Waals surface area contributed by atoms with Crippen LogP contribution in [0.3, 0.4) is 0 Å². The molecule has 0 bridgehead atoms. The van der Waals surface area contributed by atoms with E-state index in [1.807, 2.05) is 30.3 Å². The maximum absolute atomic E-state index is 13.0. The van der Waals surface area contributed by atoms with Crippen LogP contribution in [-0.2, 0) is 6.54 Å². The fourth-order valence-corrected chi connectivity index (χ4v) is 3.17. The summed E-state index contributed by atoms with van der Waals surface area (Å²) in [6.45, 7) is 6.65. The summed E-state index contributed by atoms with van der Waals surface area (Å²) in [6.07, 6.45) is 3.72. The predicted octanol–water partition coefficient (Wildman–Crippen LogP) is 4.79. The van der Waals surface area contributed by atoms with Crippen LogP contribution in [0.5, 0.6) is 5.75 Å². The van der Waals surface area contributed by atoms with E-state index in [4.69, 9.17) is 4.42 Å². The smallest absolute Gasteiger partial charge is 0.200 e. The first-order valence-electron chi connectivity index (χ1n) is 9.19. The third kappa shape index (κ3) is 3.65. The van der Waals surface area contributed by atoms with E-state index in [1.165, 1.54) is 6.26 Å². The van der Waals surface area contributed by atoms with Crippen LogP contribution >= 0.6 is 0 Å². The van der Waals surface area contributed by atoms with Crippen LogP contribution < -0.4 is 5.43 Å². The highest BCUT2D eigenvalue weighted by molar-refractivity contribution is 5.85. The molecular formula is C22H25NO3. The predicted molar refractivity (Wildman–Crippen MR) is 105 cm³/mol. The zero-order valence-corrected chi connectivity index (χ0v) is 15.4. The summed E-state index contributed by atoms with van der Waals surface area (Å²) in [5.74, 6) is 0.169. The number of nitrogens with zero attached hydrogens (tertiary/aromatic N) is 1. The van der Waals surface area contributed by atoms with Crippen LogP contribution in [0.15, 0.2) is 57.9 Å². The average molecular weight is 351 g/mol. The molecule has 4 nitrogen and oxygen atoms in total. The zero-order valence-electron chi connectivity index (χ0n) is 15.4. The van der Waals surface area contributed by atoms with Crippen molar-refractivity contribution in [2.75, 3.05) is 13.1 Å². The molecule has 0 aliphatic carbocycles. The molecule has 136 valence electrons. The van der Waals surface area contributed by atoms with Gasteiger partial charge in [-0.05, 0) is 37.2 Å². The van der Waals surface area contributed by atoms with Crippen LogP contribution in [0.2, 0.25) is 0 Å². The summed E-state index contributed by atoms with van der Waals surface area (Å²) in [5, 5.41) is 10.9. The Morgan fingerprint density at radius 2 is 1.85 bits per heavy atom. The maximum atomic E-state index is 13.0. The minimum atomic E-state index is -0.0738. The van der Waals surface area contributed by atoms with Gasteiger partial charge in [0, 0.05) is 6.54 Å². The fourth-order valence-electron chi connectivity index (χ4n) is 3.17. The Morgan fingerprint density at radius 1 is 1.08 bits per heavy atom. The molecule has 0 amide bonds. The van der Waals surface area contributed by atoms with Crippen molar-refractivity contribution in [3.63, 3.8) is 0 Å². The molecule has 0 fully saturated rings. The van der Waals surface area contributed by atoms with E-state index in [9.17, 15) is 9.90 Å². The molecule has 0 spiro atoms. The van der Waals surface area contributed by atoms with E-state index in [0.29, 0.717) is 28.6 Å². The highest BCUT2D eigenvalue weighted by Crippen LogP contribution is 2.29. The van der Waals surface area contributed by atoms with E-state index in [-0.39, 0.29) is 11.2 Å². The molecule has 3 rings (SSSR count). The van der Waals surface area contributed by atoms with Crippen molar-refractivity contribution in [3.05, 3.63) is 64.5 Å². The van der Waals surface area contributed by atoms with Crippen molar-refractivity contribution in [2.45, 2.75) is 33.2 Å². The number of hydrogen-bond donors (Lipinski definition) is 1. The van der Waals surface area contributed by atoms with Crippen molar-refractivity contribution < 1.29 is 9.52 Å². The lowest BCUT2D eigenvalue weighted by atomic mass is 10.0. The number of rotatable bonds is 7. The molecule has 0 aliphatic heterocycles. The largest absolute Gasteiger partial charge is 0.507 e. The molecule has 0 radical (unpaired) electrons. The van der Waals surface area contributed by atoms with Gasteiger partial charge < -0.3 is 9.52 Å².